The first kappa shape index (κ1) is 23.9. The third-order valence-electron chi connectivity index (χ3n) is 7.81. The van der Waals surface area contributed by atoms with Crippen LogP contribution < -0.4 is 4.74 Å². The number of imide groups is 1. The van der Waals surface area contributed by atoms with Crippen molar-refractivity contribution in [3.05, 3.63) is 29.3 Å². The van der Waals surface area contributed by atoms with Crippen LogP contribution in [0.4, 0.5) is 0 Å². The molecule has 4 rings (SSSR count). The molecule has 2 heterocycles. The van der Waals surface area contributed by atoms with E-state index in [-0.39, 0.29) is 29.1 Å². The van der Waals surface area contributed by atoms with Crippen molar-refractivity contribution < 1.29 is 19.1 Å². The number of carbonyl (C=O) groups excluding carboxylic acids is 3. The maximum absolute atomic E-state index is 12.7. The van der Waals surface area contributed by atoms with E-state index < -0.39 is 0 Å². The normalized spacial score (nSPS) is 22.0. The number of carbonyl (C=O) groups is 3. The molecule has 1 atom stereocenters. The van der Waals surface area contributed by atoms with E-state index in [2.05, 4.69) is 11.8 Å². The third kappa shape index (κ3) is 5.32. The van der Waals surface area contributed by atoms with Crippen molar-refractivity contribution >= 4 is 17.6 Å². The van der Waals surface area contributed by atoms with Gasteiger partial charge >= 0.3 is 0 Å². The zero-order valence-corrected chi connectivity index (χ0v) is 20.2. The Hall–Kier alpha value is -2.21. The second-order valence-electron chi connectivity index (χ2n) is 10.3. The van der Waals surface area contributed by atoms with Crippen LogP contribution in [0.1, 0.15) is 87.6 Å². The van der Waals surface area contributed by atoms with Crippen LogP contribution in [0.25, 0.3) is 0 Å². The molecule has 2 amide bonds. The summed E-state index contributed by atoms with van der Waals surface area (Å²) >= 11 is 0. The van der Waals surface area contributed by atoms with Crippen LogP contribution >= 0.6 is 0 Å². The Balaban J connectivity index is 1.30. The highest BCUT2D eigenvalue weighted by Gasteiger charge is 2.44. The second kappa shape index (κ2) is 10.4. The Labute approximate surface area is 197 Å². The number of hydrogen-bond donors (Lipinski definition) is 0. The van der Waals surface area contributed by atoms with Crippen molar-refractivity contribution in [1.29, 1.82) is 0 Å². The fourth-order valence-corrected chi connectivity index (χ4v) is 6.07. The van der Waals surface area contributed by atoms with E-state index in [1.807, 2.05) is 18.2 Å². The number of Topliss-reactive ketones (excluding diaryl/α,β-unsaturated/α-hetero) is 1. The molecule has 1 saturated carbocycles. The predicted octanol–water partition coefficient (Wildman–Crippen LogP) is 4.39. The maximum Gasteiger partial charge on any atom is 0.229 e. The molecule has 0 N–H and O–H groups in total. The van der Waals surface area contributed by atoms with Gasteiger partial charge in [-0.3, -0.25) is 24.2 Å². The minimum Gasteiger partial charge on any atom is -0.492 e. The number of amides is 2. The van der Waals surface area contributed by atoms with Crippen LogP contribution in [0.3, 0.4) is 0 Å². The Morgan fingerprint density at radius 3 is 2.52 bits per heavy atom. The largest absolute Gasteiger partial charge is 0.492 e. The maximum atomic E-state index is 12.7. The van der Waals surface area contributed by atoms with E-state index in [0.29, 0.717) is 26.0 Å². The van der Waals surface area contributed by atoms with Crippen LogP contribution in [0, 0.1) is 5.41 Å². The lowest BCUT2D eigenvalue weighted by Gasteiger charge is -2.37. The molecule has 6 heteroatoms. The summed E-state index contributed by atoms with van der Waals surface area (Å²) in [6.45, 7) is 6.82. The van der Waals surface area contributed by atoms with E-state index in [0.717, 1.165) is 81.3 Å². The summed E-state index contributed by atoms with van der Waals surface area (Å²) in [5.41, 5.74) is 1.75. The van der Waals surface area contributed by atoms with Gasteiger partial charge < -0.3 is 4.74 Å². The molecule has 0 aromatic heterocycles. The number of likely N-dealkylation sites (tertiary alicyclic amines) is 1. The van der Waals surface area contributed by atoms with E-state index in [9.17, 15) is 14.4 Å². The second-order valence-corrected chi connectivity index (χ2v) is 10.3. The summed E-state index contributed by atoms with van der Waals surface area (Å²) < 4.78 is 6.04. The van der Waals surface area contributed by atoms with Gasteiger partial charge in [0.2, 0.25) is 11.8 Å². The Kier molecular flexibility index (Phi) is 7.52. The van der Waals surface area contributed by atoms with Crippen molar-refractivity contribution in [2.75, 3.05) is 26.2 Å². The summed E-state index contributed by atoms with van der Waals surface area (Å²) in [7, 11) is 0. The standard InChI is InChI=1S/C27H38N2O4/c1-3-13-28(21-16-23-22(20(2)30)9-8-10-24(23)33-19-21)14-6-7-15-29-25(31)17-27(18-26(29)32)11-4-5-12-27/h8-10,21H,3-7,11-19H2,1-2H3. The number of unbranched alkanes of at least 4 members (excludes halogenated alkanes) is 1. The molecule has 180 valence electrons. The molecule has 2 aliphatic heterocycles. The van der Waals surface area contributed by atoms with E-state index >= 15 is 0 Å². The summed E-state index contributed by atoms with van der Waals surface area (Å²) in [5, 5.41) is 0. The van der Waals surface area contributed by atoms with Crippen LogP contribution in [-0.2, 0) is 16.0 Å². The number of benzene rings is 1. The van der Waals surface area contributed by atoms with Gasteiger partial charge in [-0.05, 0) is 70.0 Å². The lowest BCUT2D eigenvalue weighted by Crippen LogP contribution is -2.47. The number of hydrogen-bond acceptors (Lipinski definition) is 5. The van der Waals surface area contributed by atoms with Gasteiger partial charge in [0.05, 0.1) is 0 Å². The molecule has 2 fully saturated rings. The molecule has 1 saturated heterocycles. The average molecular weight is 455 g/mol. The Bertz CT molecular complexity index is 870. The molecule has 1 aromatic carbocycles. The molecule has 1 unspecified atom stereocenters. The van der Waals surface area contributed by atoms with E-state index in [1.165, 1.54) is 4.90 Å². The van der Waals surface area contributed by atoms with Crippen LogP contribution in [0.2, 0.25) is 0 Å². The number of nitrogens with zero attached hydrogens (tertiary/aromatic N) is 2. The summed E-state index contributed by atoms with van der Waals surface area (Å²) in [6, 6.07) is 5.96. The smallest absolute Gasteiger partial charge is 0.229 e. The molecule has 1 spiro atoms. The zero-order chi connectivity index (χ0) is 23.4. The van der Waals surface area contributed by atoms with Gasteiger partial charge in [-0.1, -0.05) is 31.9 Å². The van der Waals surface area contributed by atoms with Gasteiger partial charge in [-0.2, -0.15) is 0 Å². The lowest BCUT2D eigenvalue weighted by molar-refractivity contribution is -0.153. The van der Waals surface area contributed by atoms with Crippen molar-refractivity contribution in [3.8, 4) is 5.75 Å². The average Bonchev–Trinajstić information content (AvgIpc) is 3.23. The molecular weight excluding hydrogens is 416 g/mol. The Morgan fingerprint density at radius 1 is 1.12 bits per heavy atom. The fourth-order valence-electron chi connectivity index (χ4n) is 6.07. The van der Waals surface area contributed by atoms with Crippen LogP contribution in [0.15, 0.2) is 18.2 Å². The van der Waals surface area contributed by atoms with Gasteiger partial charge in [-0.15, -0.1) is 0 Å². The fraction of sp³-hybridized carbons (Fsp3) is 0.667. The lowest BCUT2D eigenvalue weighted by atomic mass is 9.76. The highest BCUT2D eigenvalue weighted by Crippen LogP contribution is 2.46. The van der Waals surface area contributed by atoms with Crippen molar-refractivity contribution in [3.63, 3.8) is 0 Å². The number of ketones is 1. The van der Waals surface area contributed by atoms with Crippen molar-refractivity contribution in [1.82, 2.24) is 9.80 Å². The molecular formula is C27H38N2O4. The first-order valence-corrected chi connectivity index (χ1v) is 12.8. The predicted molar refractivity (Wildman–Crippen MR) is 127 cm³/mol. The van der Waals surface area contributed by atoms with Crippen molar-refractivity contribution in [2.45, 2.75) is 84.1 Å². The van der Waals surface area contributed by atoms with Gasteiger partial charge in [0.1, 0.15) is 12.4 Å². The van der Waals surface area contributed by atoms with E-state index in [1.54, 1.807) is 6.92 Å². The van der Waals surface area contributed by atoms with Crippen molar-refractivity contribution in [2.24, 2.45) is 5.41 Å². The Morgan fingerprint density at radius 2 is 1.85 bits per heavy atom. The first-order chi connectivity index (χ1) is 15.9. The SMILES string of the molecule is CCCN(CCCCN1C(=O)CC2(CCCC2)CC1=O)C1COc2cccc(C(C)=O)c2C1. The van der Waals surface area contributed by atoms with Crippen LogP contribution in [-0.4, -0.2) is 59.7 Å². The third-order valence-corrected chi connectivity index (χ3v) is 7.81. The van der Waals surface area contributed by atoms with Gasteiger partial charge in [0.25, 0.3) is 0 Å². The van der Waals surface area contributed by atoms with E-state index in [4.69, 9.17) is 4.74 Å². The van der Waals surface area contributed by atoms with Gasteiger partial charge in [0, 0.05) is 36.6 Å². The highest BCUT2D eigenvalue weighted by atomic mass is 16.5. The molecule has 3 aliphatic rings. The van der Waals surface area contributed by atoms with Gasteiger partial charge in [0.15, 0.2) is 5.78 Å². The number of fused-ring (bicyclic) bond motifs is 1. The molecule has 1 aromatic rings. The first-order valence-electron chi connectivity index (χ1n) is 12.8. The molecule has 6 nitrogen and oxygen atoms in total. The minimum absolute atomic E-state index is 0.0292. The zero-order valence-electron chi connectivity index (χ0n) is 20.2. The summed E-state index contributed by atoms with van der Waals surface area (Å²) in [4.78, 5) is 41.5. The monoisotopic (exact) mass is 454 g/mol. The molecule has 0 bridgehead atoms. The number of ether oxygens (including phenoxy) is 1. The molecule has 1 aliphatic carbocycles. The van der Waals surface area contributed by atoms with Crippen LogP contribution in [0.5, 0.6) is 5.75 Å². The molecule has 0 radical (unpaired) electrons. The highest BCUT2D eigenvalue weighted by molar-refractivity contribution is 5.98. The van der Waals surface area contributed by atoms with Gasteiger partial charge in [-0.25, -0.2) is 0 Å². The minimum atomic E-state index is -0.0292. The topological polar surface area (TPSA) is 66.9 Å². The summed E-state index contributed by atoms with van der Waals surface area (Å²) in [5.74, 6) is 0.978. The number of rotatable bonds is 9. The number of piperidine rings is 1. The summed E-state index contributed by atoms with van der Waals surface area (Å²) in [6.07, 6.45) is 9.08. The quantitative estimate of drug-likeness (QED) is 0.314. The molecule has 33 heavy (non-hydrogen) atoms.